The van der Waals surface area contributed by atoms with Crippen LogP contribution in [0.15, 0.2) is 72.2 Å². The van der Waals surface area contributed by atoms with Crippen molar-refractivity contribution in [3.63, 3.8) is 0 Å². The first-order valence-electron chi connectivity index (χ1n) is 7.19. The van der Waals surface area contributed by atoms with Crippen LogP contribution in [0.1, 0.15) is 5.56 Å². The van der Waals surface area contributed by atoms with E-state index in [4.69, 9.17) is 4.74 Å². The molecule has 0 amide bonds. The highest BCUT2D eigenvalue weighted by atomic mass is 16.5. The molecule has 0 aliphatic carbocycles. The summed E-state index contributed by atoms with van der Waals surface area (Å²) in [6.45, 7) is 5.02. The Morgan fingerprint density at radius 2 is 1.86 bits per heavy atom. The highest BCUT2D eigenvalue weighted by molar-refractivity contribution is 5.79. The molecule has 4 heteroatoms. The van der Waals surface area contributed by atoms with Crippen LogP contribution in [0.2, 0.25) is 0 Å². The van der Waals surface area contributed by atoms with Gasteiger partial charge in [-0.05, 0) is 29.8 Å². The van der Waals surface area contributed by atoms with Crippen LogP contribution >= 0.6 is 0 Å². The van der Waals surface area contributed by atoms with Crippen molar-refractivity contribution in [2.24, 2.45) is 4.99 Å². The number of nitrogens with zero attached hydrogens (tertiary/aromatic N) is 1. The lowest BCUT2D eigenvalue weighted by atomic mass is 10.2. The van der Waals surface area contributed by atoms with Crippen molar-refractivity contribution >= 4 is 5.96 Å². The Labute approximate surface area is 131 Å². The van der Waals surface area contributed by atoms with E-state index in [-0.39, 0.29) is 0 Å². The van der Waals surface area contributed by atoms with Crippen molar-refractivity contribution in [3.05, 3.63) is 72.8 Å². The summed E-state index contributed by atoms with van der Waals surface area (Å²) in [6.07, 6.45) is 1.79. The van der Waals surface area contributed by atoms with Gasteiger partial charge in [-0.15, -0.1) is 6.58 Å². The van der Waals surface area contributed by atoms with Crippen LogP contribution in [0.4, 0.5) is 0 Å². The number of aliphatic imine (C=N–C) groups is 1. The van der Waals surface area contributed by atoms with Crippen LogP contribution in [0, 0.1) is 0 Å². The summed E-state index contributed by atoms with van der Waals surface area (Å²) in [7, 11) is 1.74. The second-order valence-electron chi connectivity index (χ2n) is 4.66. The molecular weight excluding hydrogens is 274 g/mol. The first-order valence-corrected chi connectivity index (χ1v) is 7.19. The van der Waals surface area contributed by atoms with E-state index in [0.29, 0.717) is 13.1 Å². The summed E-state index contributed by atoms with van der Waals surface area (Å²) >= 11 is 0. The van der Waals surface area contributed by atoms with Gasteiger partial charge in [0.25, 0.3) is 0 Å². The molecule has 0 unspecified atom stereocenters. The fourth-order valence-electron chi connectivity index (χ4n) is 1.92. The minimum atomic E-state index is 0.669. The number of hydrogen-bond donors (Lipinski definition) is 2. The minimum Gasteiger partial charge on any atom is -0.457 e. The molecule has 4 nitrogen and oxygen atoms in total. The highest BCUT2D eigenvalue weighted by Gasteiger charge is 2.00. The Kier molecular flexibility index (Phi) is 6.05. The van der Waals surface area contributed by atoms with Crippen LogP contribution in [0.25, 0.3) is 0 Å². The zero-order valence-corrected chi connectivity index (χ0v) is 12.8. The zero-order chi connectivity index (χ0) is 15.6. The van der Waals surface area contributed by atoms with E-state index in [1.807, 2.05) is 54.6 Å². The Morgan fingerprint density at radius 1 is 1.09 bits per heavy atom. The average Bonchev–Trinajstić information content (AvgIpc) is 2.56. The van der Waals surface area contributed by atoms with Gasteiger partial charge in [-0.1, -0.05) is 36.4 Å². The summed E-state index contributed by atoms with van der Waals surface area (Å²) in [5, 5.41) is 6.38. The number of rotatable bonds is 6. The van der Waals surface area contributed by atoms with Crippen LogP contribution in [0.3, 0.4) is 0 Å². The molecular formula is C18H21N3O. The molecule has 114 valence electrons. The number of nitrogens with one attached hydrogen (secondary N) is 2. The predicted molar refractivity (Wildman–Crippen MR) is 91.4 cm³/mol. The average molecular weight is 295 g/mol. The van der Waals surface area contributed by atoms with Gasteiger partial charge in [-0.2, -0.15) is 0 Å². The summed E-state index contributed by atoms with van der Waals surface area (Å²) in [5.41, 5.74) is 1.12. The quantitative estimate of drug-likeness (QED) is 0.488. The Bertz CT molecular complexity index is 623. The first-order chi connectivity index (χ1) is 10.8. The summed E-state index contributed by atoms with van der Waals surface area (Å²) < 4.78 is 5.83. The van der Waals surface area contributed by atoms with E-state index in [1.54, 1.807) is 13.1 Å². The van der Waals surface area contributed by atoms with Crippen LogP contribution in [-0.4, -0.2) is 19.6 Å². The molecule has 0 saturated heterocycles. The molecule has 0 saturated carbocycles. The summed E-state index contributed by atoms with van der Waals surface area (Å²) in [5.74, 6) is 2.39. The number of guanidine groups is 1. The van der Waals surface area contributed by atoms with E-state index in [1.165, 1.54) is 0 Å². The van der Waals surface area contributed by atoms with Crippen molar-refractivity contribution in [2.45, 2.75) is 6.54 Å². The van der Waals surface area contributed by atoms with Gasteiger partial charge >= 0.3 is 0 Å². The van der Waals surface area contributed by atoms with Crippen LogP contribution in [0.5, 0.6) is 11.5 Å². The number of hydrogen-bond acceptors (Lipinski definition) is 2. The van der Waals surface area contributed by atoms with Gasteiger partial charge in [0, 0.05) is 20.1 Å². The maximum Gasteiger partial charge on any atom is 0.191 e. The van der Waals surface area contributed by atoms with Gasteiger partial charge in [0.1, 0.15) is 11.5 Å². The van der Waals surface area contributed by atoms with Gasteiger partial charge < -0.3 is 15.4 Å². The fourth-order valence-corrected chi connectivity index (χ4v) is 1.92. The SMILES string of the molecule is C=CCNC(=NC)NCc1cccc(Oc2ccccc2)c1. The van der Waals surface area contributed by atoms with Crippen molar-refractivity contribution in [1.82, 2.24) is 10.6 Å². The molecule has 2 aromatic rings. The standard InChI is InChI=1S/C18H21N3O/c1-3-12-20-18(19-2)21-14-15-8-7-11-17(13-15)22-16-9-5-4-6-10-16/h3-11,13H,1,12,14H2,2H3,(H2,19,20,21). The maximum atomic E-state index is 5.83. The van der Waals surface area contributed by atoms with Gasteiger partial charge in [0.05, 0.1) is 0 Å². The molecule has 0 heterocycles. The van der Waals surface area contributed by atoms with Gasteiger partial charge in [-0.3, -0.25) is 4.99 Å². The van der Waals surface area contributed by atoms with Crippen molar-refractivity contribution in [2.75, 3.05) is 13.6 Å². The van der Waals surface area contributed by atoms with Crippen molar-refractivity contribution in [1.29, 1.82) is 0 Å². The molecule has 2 rings (SSSR count). The third-order valence-corrected chi connectivity index (χ3v) is 2.97. The number of benzene rings is 2. The largest absolute Gasteiger partial charge is 0.457 e. The smallest absolute Gasteiger partial charge is 0.191 e. The molecule has 2 N–H and O–H groups in total. The molecule has 0 fully saturated rings. The molecule has 0 atom stereocenters. The van der Waals surface area contributed by atoms with E-state index in [0.717, 1.165) is 23.0 Å². The van der Waals surface area contributed by atoms with E-state index < -0.39 is 0 Å². The third-order valence-electron chi connectivity index (χ3n) is 2.97. The second-order valence-corrected chi connectivity index (χ2v) is 4.66. The van der Waals surface area contributed by atoms with Crippen molar-refractivity contribution < 1.29 is 4.74 Å². The molecule has 0 aliphatic rings. The monoisotopic (exact) mass is 295 g/mol. The minimum absolute atomic E-state index is 0.669. The van der Waals surface area contributed by atoms with Gasteiger partial charge in [-0.25, -0.2) is 0 Å². The molecule has 0 aliphatic heterocycles. The lowest BCUT2D eigenvalue weighted by Gasteiger charge is -2.11. The highest BCUT2D eigenvalue weighted by Crippen LogP contribution is 2.21. The molecule has 0 spiro atoms. The predicted octanol–water partition coefficient (Wildman–Crippen LogP) is 3.33. The number of ether oxygens (including phenoxy) is 1. The van der Waals surface area contributed by atoms with E-state index in [2.05, 4.69) is 22.2 Å². The van der Waals surface area contributed by atoms with E-state index in [9.17, 15) is 0 Å². The van der Waals surface area contributed by atoms with Crippen LogP contribution in [-0.2, 0) is 6.54 Å². The summed E-state index contributed by atoms with van der Waals surface area (Å²) in [4.78, 5) is 4.15. The topological polar surface area (TPSA) is 45.7 Å². The Balaban J connectivity index is 1.95. The fraction of sp³-hybridized carbons (Fsp3) is 0.167. The lowest BCUT2D eigenvalue weighted by Crippen LogP contribution is -2.36. The van der Waals surface area contributed by atoms with Crippen LogP contribution < -0.4 is 15.4 Å². The zero-order valence-electron chi connectivity index (χ0n) is 12.8. The Hall–Kier alpha value is -2.75. The van der Waals surface area contributed by atoms with Gasteiger partial charge in [0.15, 0.2) is 5.96 Å². The van der Waals surface area contributed by atoms with Gasteiger partial charge in [0.2, 0.25) is 0 Å². The number of para-hydroxylation sites is 1. The molecule has 0 aromatic heterocycles. The molecule has 2 aromatic carbocycles. The second kappa shape index (κ2) is 8.52. The molecule has 22 heavy (non-hydrogen) atoms. The van der Waals surface area contributed by atoms with Crippen molar-refractivity contribution in [3.8, 4) is 11.5 Å². The molecule has 0 bridgehead atoms. The van der Waals surface area contributed by atoms with E-state index >= 15 is 0 Å². The molecule has 0 radical (unpaired) electrons. The lowest BCUT2D eigenvalue weighted by molar-refractivity contribution is 0.482. The summed E-state index contributed by atoms with van der Waals surface area (Å²) in [6, 6.07) is 17.7. The first kappa shape index (κ1) is 15.6. The maximum absolute atomic E-state index is 5.83. The third kappa shape index (κ3) is 4.98. The normalized spacial score (nSPS) is 10.9. The Morgan fingerprint density at radius 3 is 2.59 bits per heavy atom.